The Hall–Kier alpha value is -1.84. The number of hydrogen-bond donors (Lipinski definition) is 5. The van der Waals surface area contributed by atoms with E-state index >= 15 is 0 Å². The van der Waals surface area contributed by atoms with Crippen LogP contribution in [0.2, 0.25) is 0 Å². The Bertz CT molecular complexity index is 571. The van der Waals surface area contributed by atoms with Crippen LogP contribution in [-0.2, 0) is 4.79 Å². The minimum absolute atomic E-state index is 0.498. The Kier molecular flexibility index (Phi) is 12.4. The highest BCUT2D eigenvalue weighted by Gasteiger charge is 2.24. The van der Waals surface area contributed by atoms with Gasteiger partial charge >= 0.3 is 0 Å². The smallest absolute Gasteiger partial charge is 0.264 e. The maximum atomic E-state index is 11.4. The number of aliphatic hydroxyl groups excluding tert-OH is 1. The van der Waals surface area contributed by atoms with Gasteiger partial charge in [0, 0.05) is 6.42 Å². The molecule has 0 aromatic heterocycles. The predicted octanol–water partition coefficient (Wildman–Crippen LogP) is 3.01. The van der Waals surface area contributed by atoms with Crippen molar-refractivity contribution < 1.29 is 20.3 Å². The number of carbonyl (C=O) groups is 1. The van der Waals surface area contributed by atoms with Crippen molar-refractivity contribution in [2.24, 2.45) is 0 Å². The van der Waals surface area contributed by atoms with Crippen LogP contribution >= 0.6 is 12.1 Å². The van der Waals surface area contributed by atoms with Gasteiger partial charge in [-0.2, -0.15) is 4.47 Å². The Morgan fingerprint density at radius 3 is 2.58 bits per heavy atom. The van der Waals surface area contributed by atoms with Crippen LogP contribution in [0, 0.1) is 0 Å². The fourth-order valence-electron chi connectivity index (χ4n) is 2.00. The molecule has 0 radical (unpaired) electrons. The summed E-state index contributed by atoms with van der Waals surface area (Å²) in [6.07, 6.45) is 9.49. The van der Waals surface area contributed by atoms with E-state index in [2.05, 4.69) is 17.9 Å². The summed E-state index contributed by atoms with van der Waals surface area (Å²) in [5.74, 6) is -0.796. The SMILES string of the molecule is C=CC.C=CC1=C(CC)C=CCC(N(O)SNC(C(=O)NO)C(C)O)=C1. The van der Waals surface area contributed by atoms with E-state index in [1.807, 2.05) is 32.1 Å². The fraction of sp³-hybridized carbons (Fsp3) is 0.389. The molecule has 0 bridgehead atoms. The second kappa shape index (κ2) is 13.4. The molecule has 1 aliphatic rings. The first-order valence-corrected chi connectivity index (χ1v) is 8.96. The van der Waals surface area contributed by atoms with E-state index in [-0.39, 0.29) is 0 Å². The zero-order valence-electron chi connectivity index (χ0n) is 15.5. The third-order valence-corrected chi connectivity index (χ3v) is 4.09. The molecule has 1 amide bonds. The number of rotatable bonds is 8. The van der Waals surface area contributed by atoms with Crippen LogP contribution in [0.1, 0.15) is 33.6 Å². The van der Waals surface area contributed by atoms with Gasteiger partial charge in [-0.25, -0.2) is 10.2 Å². The van der Waals surface area contributed by atoms with Crippen molar-refractivity contribution in [1.82, 2.24) is 14.7 Å². The number of hydroxylamine groups is 2. The summed E-state index contributed by atoms with van der Waals surface area (Å²) >= 11 is 0.742. The predicted molar refractivity (Wildman–Crippen MR) is 105 cm³/mol. The topological polar surface area (TPSA) is 105 Å². The summed E-state index contributed by atoms with van der Waals surface area (Å²) in [6, 6.07) is -1.08. The summed E-state index contributed by atoms with van der Waals surface area (Å²) in [5.41, 5.74) is 4.08. The van der Waals surface area contributed by atoms with Gasteiger partial charge in [-0.1, -0.05) is 37.8 Å². The lowest BCUT2D eigenvalue weighted by Crippen LogP contribution is -2.48. The number of hydrogen-bond acceptors (Lipinski definition) is 7. The summed E-state index contributed by atoms with van der Waals surface area (Å²) in [5, 5.41) is 28.3. The molecular weight excluding hydrogens is 354 g/mol. The van der Waals surface area contributed by atoms with Gasteiger partial charge in [0.05, 0.1) is 23.9 Å². The van der Waals surface area contributed by atoms with Gasteiger partial charge in [0.25, 0.3) is 5.91 Å². The molecule has 0 aliphatic heterocycles. The lowest BCUT2D eigenvalue weighted by atomic mass is 10.1. The Morgan fingerprint density at radius 2 is 2.12 bits per heavy atom. The van der Waals surface area contributed by atoms with Crippen molar-refractivity contribution in [1.29, 1.82) is 0 Å². The molecular formula is C18H29N3O4S. The molecule has 0 aromatic rings. The molecule has 7 nitrogen and oxygen atoms in total. The standard InChI is InChI=1S/C15H23N3O4S.C3H6/c1-4-11-7-6-8-13(9-12(11)5-2)18(22)23-17-14(10(3)19)15(20)16-21;1-3-2/h5-7,9-10,14,17,19,21-22H,2,4,8H2,1,3H3,(H,16,20);3H,1H2,2H3. The van der Waals surface area contributed by atoms with Crippen molar-refractivity contribution in [3.05, 3.63) is 60.4 Å². The fourth-order valence-corrected chi connectivity index (χ4v) is 2.76. The number of aliphatic hydroxyl groups is 1. The lowest BCUT2D eigenvalue weighted by molar-refractivity contribution is -0.133. The number of carbonyl (C=O) groups excluding carboxylic acids is 1. The average molecular weight is 384 g/mol. The summed E-state index contributed by atoms with van der Waals surface area (Å²) in [4.78, 5) is 11.4. The van der Waals surface area contributed by atoms with Crippen LogP contribution in [-0.4, -0.2) is 38.0 Å². The molecule has 0 fully saturated rings. The molecule has 26 heavy (non-hydrogen) atoms. The van der Waals surface area contributed by atoms with Gasteiger partial charge < -0.3 is 5.11 Å². The molecule has 1 aliphatic carbocycles. The molecule has 2 unspecified atom stereocenters. The molecule has 1 rings (SSSR count). The normalized spacial score (nSPS) is 15.7. The van der Waals surface area contributed by atoms with Crippen LogP contribution in [0.15, 0.2) is 60.4 Å². The minimum atomic E-state index is -1.08. The van der Waals surface area contributed by atoms with Crippen molar-refractivity contribution >= 4 is 18.0 Å². The van der Waals surface area contributed by atoms with E-state index in [0.29, 0.717) is 12.1 Å². The van der Waals surface area contributed by atoms with E-state index in [1.165, 1.54) is 12.4 Å². The number of allylic oxidation sites excluding steroid dienone is 7. The summed E-state index contributed by atoms with van der Waals surface area (Å²) in [7, 11) is 0. The molecule has 8 heteroatoms. The molecule has 0 saturated heterocycles. The highest BCUT2D eigenvalue weighted by atomic mass is 32.2. The van der Waals surface area contributed by atoms with Gasteiger partial charge in [-0.05, 0) is 37.5 Å². The maximum absolute atomic E-state index is 11.4. The van der Waals surface area contributed by atoms with E-state index in [9.17, 15) is 15.1 Å². The van der Waals surface area contributed by atoms with E-state index < -0.39 is 18.1 Å². The third kappa shape index (κ3) is 8.03. The minimum Gasteiger partial charge on any atom is -0.391 e. The lowest BCUT2D eigenvalue weighted by Gasteiger charge is -2.23. The van der Waals surface area contributed by atoms with Gasteiger partial charge in [-0.15, -0.1) is 6.58 Å². The molecule has 146 valence electrons. The molecule has 0 spiro atoms. The van der Waals surface area contributed by atoms with Crippen molar-refractivity contribution in [3.8, 4) is 0 Å². The Morgan fingerprint density at radius 1 is 1.50 bits per heavy atom. The van der Waals surface area contributed by atoms with Gasteiger partial charge in [0.1, 0.15) is 6.04 Å². The zero-order chi connectivity index (χ0) is 20.1. The first-order valence-electron chi connectivity index (χ1n) is 8.19. The number of nitrogens with zero attached hydrogens (tertiary/aromatic N) is 1. The average Bonchev–Trinajstić information content (AvgIpc) is 2.83. The monoisotopic (exact) mass is 383 g/mol. The van der Waals surface area contributed by atoms with Crippen LogP contribution in [0.4, 0.5) is 0 Å². The summed E-state index contributed by atoms with van der Waals surface area (Å²) < 4.78 is 3.49. The van der Waals surface area contributed by atoms with Crippen molar-refractivity contribution in [2.45, 2.75) is 45.8 Å². The van der Waals surface area contributed by atoms with E-state index in [1.54, 1.807) is 12.2 Å². The second-order valence-corrected chi connectivity index (χ2v) is 6.13. The first kappa shape index (κ1) is 24.2. The Balaban J connectivity index is 0.00000194. The van der Waals surface area contributed by atoms with E-state index in [0.717, 1.165) is 34.2 Å². The highest BCUT2D eigenvalue weighted by Crippen LogP contribution is 2.25. The highest BCUT2D eigenvalue weighted by molar-refractivity contribution is 7.95. The van der Waals surface area contributed by atoms with Gasteiger partial charge in [-0.3, -0.25) is 15.2 Å². The quantitative estimate of drug-likeness (QED) is 0.190. The molecule has 0 saturated carbocycles. The maximum Gasteiger partial charge on any atom is 0.264 e. The van der Waals surface area contributed by atoms with Crippen molar-refractivity contribution in [2.75, 3.05) is 0 Å². The van der Waals surface area contributed by atoms with Crippen LogP contribution < -0.4 is 10.2 Å². The largest absolute Gasteiger partial charge is 0.391 e. The summed E-state index contributed by atoms with van der Waals surface area (Å²) in [6.45, 7) is 12.5. The van der Waals surface area contributed by atoms with E-state index in [4.69, 9.17) is 5.21 Å². The van der Waals surface area contributed by atoms with Crippen LogP contribution in [0.5, 0.6) is 0 Å². The van der Waals surface area contributed by atoms with Gasteiger partial charge in [0.2, 0.25) is 0 Å². The third-order valence-electron chi connectivity index (χ3n) is 3.33. The molecule has 2 atom stereocenters. The second-order valence-electron chi connectivity index (χ2n) is 5.37. The first-order chi connectivity index (χ1) is 12.4. The number of nitrogens with one attached hydrogen (secondary N) is 2. The van der Waals surface area contributed by atoms with Gasteiger partial charge in [0.15, 0.2) is 0 Å². The molecule has 5 N–H and O–H groups in total. The molecule has 0 heterocycles. The van der Waals surface area contributed by atoms with Crippen LogP contribution in [0.3, 0.4) is 0 Å². The number of amides is 1. The molecule has 0 aromatic carbocycles. The Labute approximate surface area is 159 Å². The van der Waals surface area contributed by atoms with Crippen molar-refractivity contribution in [3.63, 3.8) is 0 Å². The zero-order valence-corrected chi connectivity index (χ0v) is 16.3. The van der Waals surface area contributed by atoms with Crippen LogP contribution in [0.25, 0.3) is 0 Å².